The molecule has 2 aromatic carbocycles. The molecule has 2 aromatic heterocycles. The Morgan fingerprint density at radius 2 is 1.94 bits per heavy atom. The molecule has 8 heteroatoms. The number of nitriles is 1. The van der Waals surface area contributed by atoms with Crippen LogP contribution >= 0.6 is 0 Å². The van der Waals surface area contributed by atoms with Gasteiger partial charge < -0.3 is 9.80 Å². The molecule has 0 bridgehead atoms. The molecule has 0 amide bonds. The van der Waals surface area contributed by atoms with Gasteiger partial charge in [0.1, 0.15) is 11.9 Å². The smallest absolute Gasteiger partial charge is 0.269 e. The van der Waals surface area contributed by atoms with Crippen molar-refractivity contribution in [1.82, 2.24) is 14.3 Å². The number of fused-ring (bicyclic) bond motifs is 3. The van der Waals surface area contributed by atoms with Gasteiger partial charge in [0.2, 0.25) is 0 Å². The molecule has 1 aliphatic heterocycles. The lowest BCUT2D eigenvalue weighted by atomic mass is 9.97. The molecular formula is C26H26N6O2. The van der Waals surface area contributed by atoms with Crippen molar-refractivity contribution in [3.63, 3.8) is 0 Å². The Kier molecular flexibility index (Phi) is 5.42. The van der Waals surface area contributed by atoms with E-state index in [0.29, 0.717) is 23.7 Å². The van der Waals surface area contributed by atoms with Crippen LogP contribution in [0, 0.1) is 28.4 Å². The van der Waals surface area contributed by atoms with E-state index < -0.39 is 0 Å². The van der Waals surface area contributed by atoms with Gasteiger partial charge in [0.25, 0.3) is 5.69 Å². The first kappa shape index (κ1) is 21.9. The van der Waals surface area contributed by atoms with Crippen LogP contribution < -0.4 is 4.90 Å². The second-order valence-electron chi connectivity index (χ2n) is 9.13. The van der Waals surface area contributed by atoms with Crippen LogP contribution in [0.5, 0.6) is 0 Å². The second kappa shape index (κ2) is 8.43. The summed E-state index contributed by atoms with van der Waals surface area (Å²) >= 11 is 0. The molecule has 1 aliphatic rings. The molecule has 0 N–H and O–H groups in total. The van der Waals surface area contributed by atoms with Crippen LogP contribution in [-0.2, 0) is 6.42 Å². The summed E-state index contributed by atoms with van der Waals surface area (Å²) in [5, 5.41) is 21.2. The Morgan fingerprint density at radius 3 is 2.59 bits per heavy atom. The standard InChI is InChI=1S/C26H26N6O2/c1-17-21(14-18-8-10-19(11-9-18)32(33)34)26(30-13-12-20(16-30)29(2)3)31-24-7-5-4-6-23(24)28-25(31)22(17)15-27/h4-11,20H,12-14,16H2,1-3H3/t20-/m0/s1. The number of rotatable bonds is 5. The number of likely N-dealkylation sites (N-methyl/N-ethyl adjacent to an activating group) is 1. The number of non-ortho nitro benzene ring substituents is 1. The quantitative estimate of drug-likeness (QED) is 0.330. The molecule has 34 heavy (non-hydrogen) atoms. The van der Waals surface area contributed by atoms with Crippen LogP contribution in [0.3, 0.4) is 0 Å². The zero-order valence-electron chi connectivity index (χ0n) is 19.5. The van der Waals surface area contributed by atoms with Gasteiger partial charge in [-0.15, -0.1) is 0 Å². The topological polar surface area (TPSA) is 90.7 Å². The van der Waals surface area contributed by atoms with Gasteiger partial charge in [-0.05, 0) is 50.7 Å². The maximum Gasteiger partial charge on any atom is 0.269 e. The van der Waals surface area contributed by atoms with Crippen molar-refractivity contribution in [2.75, 3.05) is 32.1 Å². The van der Waals surface area contributed by atoms with E-state index in [4.69, 9.17) is 4.98 Å². The zero-order valence-corrected chi connectivity index (χ0v) is 19.5. The van der Waals surface area contributed by atoms with Crippen molar-refractivity contribution < 1.29 is 4.92 Å². The molecule has 1 saturated heterocycles. The van der Waals surface area contributed by atoms with Crippen LogP contribution in [-0.4, -0.2) is 52.4 Å². The number of pyridine rings is 1. The lowest BCUT2D eigenvalue weighted by Gasteiger charge is -2.27. The molecule has 4 aromatic rings. The molecular weight excluding hydrogens is 428 g/mol. The highest BCUT2D eigenvalue weighted by Crippen LogP contribution is 2.36. The Hall–Kier alpha value is -3.96. The molecule has 1 fully saturated rings. The largest absolute Gasteiger partial charge is 0.356 e. The van der Waals surface area contributed by atoms with E-state index in [1.807, 2.05) is 31.2 Å². The number of imidazole rings is 1. The van der Waals surface area contributed by atoms with Crippen molar-refractivity contribution in [2.45, 2.75) is 25.8 Å². The predicted molar refractivity (Wildman–Crippen MR) is 132 cm³/mol. The SMILES string of the molecule is Cc1c(Cc2ccc([N+](=O)[O-])cc2)c(N2CC[C@H](N(C)C)C2)n2c(nc3ccccc32)c1C#N. The van der Waals surface area contributed by atoms with Gasteiger partial charge in [-0.1, -0.05) is 24.3 Å². The maximum absolute atomic E-state index is 11.1. The molecule has 3 heterocycles. The highest BCUT2D eigenvalue weighted by Gasteiger charge is 2.30. The number of nitro groups is 1. The third kappa shape index (κ3) is 3.55. The maximum atomic E-state index is 11.1. The summed E-state index contributed by atoms with van der Waals surface area (Å²) in [6, 6.07) is 17.5. The number of nitrogens with zero attached hydrogens (tertiary/aromatic N) is 6. The minimum atomic E-state index is -0.385. The first-order valence-electron chi connectivity index (χ1n) is 11.4. The van der Waals surface area contributed by atoms with Crippen LogP contribution in [0.4, 0.5) is 11.5 Å². The molecule has 0 saturated carbocycles. The van der Waals surface area contributed by atoms with Crippen molar-refractivity contribution in [3.05, 3.63) is 80.9 Å². The summed E-state index contributed by atoms with van der Waals surface area (Å²) in [6.07, 6.45) is 1.62. The number of anilines is 1. The first-order chi connectivity index (χ1) is 16.4. The fourth-order valence-electron chi connectivity index (χ4n) is 5.00. The fourth-order valence-corrected chi connectivity index (χ4v) is 5.00. The molecule has 5 rings (SSSR count). The summed E-state index contributed by atoms with van der Waals surface area (Å²) in [7, 11) is 4.22. The van der Waals surface area contributed by atoms with E-state index in [1.165, 1.54) is 0 Å². The molecule has 0 unspecified atom stereocenters. The van der Waals surface area contributed by atoms with Crippen LogP contribution in [0.15, 0.2) is 48.5 Å². The minimum absolute atomic E-state index is 0.0721. The monoisotopic (exact) mass is 454 g/mol. The van der Waals surface area contributed by atoms with Crippen LogP contribution in [0.25, 0.3) is 16.7 Å². The summed E-state index contributed by atoms with van der Waals surface area (Å²) in [5.74, 6) is 1.06. The van der Waals surface area contributed by atoms with Gasteiger partial charge in [0.05, 0.1) is 21.5 Å². The summed E-state index contributed by atoms with van der Waals surface area (Å²) in [6.45, 7) is 3.78. The molecule has 172 valence electrons. The van der Waals surface area contributed by atoms with E-state index in [0.717, 1.165) is 53.1 Å². The van der Waals surface area contributed by atoms with Gasteiger partial charge in [0, 0.05) is 43.2 Å². The van der Waals surface area contributed by atoms with E-state index in [2.05, 4.69) is 34.4 Å². The van der Waals surface area contributed by atoms with Gasteiger partial charge in [-0.25, -0.2) is 4.98 Å². The van der Waals surface area contributed by atoms with Crippen molar-refractivity contribution in [2.24, 2.45) is 0 Å². The van der Waals surface area contributed by atoms with Gasteiger partial charge >= 0.3 is 0 Å². The Bertz CT molecular complexity index is 1450. The Balaban J connectivity index is 1.76. The van der Waals surface area contributed by atoms with Gasteiger partial charge in [-0.3, -0.25) is 14.5 Å². The highest BCUT2D eigenvalue weighted by atomic mass is 16.6. The highest BCUT2D eigenvalue weighted by molar-refractivity contribution is 5.86. The number of hydrogen-bond donors (Lipinski definition) is 0. The second-order valence-corrected chi connectivity index (χ2v) is 9.13. The summed E-state index contributed by atoms with van der Waals surface area (Å²) in [4.78, 5) is 20.2. The predicted octanol–water partition coefficient (Wildman–Crippen LogP) is 4.31. The van der Waals surface area contributed by atoms with Crippen molar-refractivity contribution in [1.29, 1.82) is 5.26 Å². The third-order valence-electron chi connectivity index (χ3n) is 6.93. The van der Waals surface area contributed by atoms with Gasteiger partial charge in [-0.2, -0.15) is 5.26 Å². The molecule has 0 aliphatic carbocycles. The third-order valence-corrected chi connectivity index (χ3v) is 6.93. The summed E-state index contributed by atoms with van der Waals surface area (Å²) < 4.78 is 2.14. The lowest BCUT2D eigenvalue weighted by Crippen LogP contribution is -2.32. The fraction of sp³-hybridized carbons (Fsp3) is 0.308. The Morgan fingerprint density at radius 1 is 1.21 bits per heavy atom. The Labute approximate surface area is 197 Å². The number of para-hydroxylation sites is 2. The number of hydrogen-bond acceptors (Lipinski definition) is 6. The zero-order chi connectivity index (χ0) is 24.0. The number of benzene rings is 2. The van der Waals surface area contributed by atoms with Crippen LogP contribution in [0.1, 0.15) is 28.7 Å². The normalized spacial score (nSPS) is 16.0. The molecule has 0 spiro atoms. The molecule has 0 radical (unpaired) electrons. The van der Waals surface area contributed by atoms with Crippen molar-refractivity contribution in [3.8, 4) is 6.07 Å². The first-order valence-corrected chi connectivity index (χ1v) is 11.4. The van der Waals surface area contributed by atoms with E-state index in [9.17, 15) is 15.4 Å². The average molecular weight is 455 g/mol. The number of aromatic nitrogens is 2. The average Bonchev–Trinajstić information content (AvgIpc) is 3.46. The number of nitro benzene ring substituents is 1. The molecule has 8 nitrogen and oxygen atoms in total. The van der Waals surface area contributed by atoms with E-state index in [-0.39, 0.29) is 10.6 Å². The van der Waals surface area contributed by atoms with Crippen LogP contribution in [0.2, 0.25) is 0 Å². The van der Waals surface area contributed by atoms with E-state index in [1.54, 1.807) is 24.3 Å². The van der Waals surface area contributed by atoms with Gasteiger partial charge in [0.15, 0.2) is 5.65 Å². The lowest BCUT2D eigenvalue weighted by molar-refractivity contribution is -0.384. The molecule has 1 atom stereocenters. The van der Waals surface area contributed by atoms with Crippen molar-refractivity contribution >= 4 is 28.2 Å². The summed E-state index contributed by atoms with van der Waals surface area (Å²) in [5.41, 5.74) is 6.08. The minimum Gasteiger partial charge on any atom is -0.356 e. The van der Waals surface area contributed by atoms with E-state index >= 15 is 0 Å².